The maximum atomic E-state index is 12.5. The number of alkyl halides is 4. The molecule has 0 bridgehead atoms. The molecule has 1 aromatic rings. The first-order chi connectivity index (χ1) is 8.81. The van der Waals surface area contributed by atoms with Gasteiger partial charge in [-0.2, -0.15) is 13.9 Å². The summed E-state index contributed by atoms with van der Waals surface area (Å²) in [5.41, 5.74) is 6.62. The standard InChI is InChI=1S/C11H17F4N3O/c1-18-5-8(4-17-18)2-3-9(16)6-19-7-11(14,15)10(12)13/h4-5,9-10H,2-3,6-7,16H2,1H3. The molecule has 0 amide bonds. The summed E-state index contributed by atoms with van der Waals surface area (Å²) in [4.78, 5) is 0. The van der Waals surface area contributed by atoms with Crippen molar-refractivity contribution in [2.45, 2.75) is 31.2 Å². The van der Waals surface area contributed by atoms with Crippen molar-refractivity contribution in [3.05, 3.63) is 18.0 Å². The van der Waals surface area contributed by atoms with Gasteiger partial charge in [0.25, 0.3) is 0 Å². The molecular weight excluding hydrogens is 266 g/mol. The van der Waals surface area contributed by atoms with Crippen molar-refractivity contribution in [3.8, 4) is 0 Å². The number of nitrogens with two attached hydrogens (primary N) is 1. The van der Waals surface area contributed by atoms with Crippen LogP contribution in [0, 0.1) is 0 Å². The fraction of sp³-hybridized carbons (Fsp3) is 0.727. The summed E-state index contributed by atoms with van der Waals surface area (Å²) in [5, 5.41) is 3.97. The largest absolute Gasteiger partial charge is 0.373 e. The van der Waals surface area contributed by atoms with E-state index in [0.717, 1.165) is 5.56 Å². The Morgan fingerprint density at radius 3 is 2.68 bits per heavy atom. The molecule has 1 unspecified atom stereocenters. The molecule has 0 fully saturated rings. The lowest BCUT2D eigenvalue weighted by atomic mass is 10.1. The zero-order valence-electron chi connectivity index (χ0n) is 10.5. The Labute approximate surface area is 108 Å². The highest BCUT2D eigenvalue weighted by Crippen LogP contribution is 2.22. The minimum Gasteiger partial charge on any atom is -0.373 e. The summed E-state index contributed by atoms with van der Waals surface area (Å²) >= 11 is 0. The van der Waals surface area contributed by atoms with Crippen LogP contribution in [0.15, 0.2) is 12.4 Å². The molecule has 0 saturated carbocycles. The van der Waals surface area contributed by atoms with Gasteiger partial charge in [0.2, 0.25) is 0 Å². The SMILES string of the molecule is Cn1cc(CCC(N)COCC(F)(F)C(F)F)cn1. The van der Waals surface area contributed by atoms with Crippen LogP contribution < -0.4 is 5.73 Å². The van der Waals surface area contributed by atoms with E-state index in [0.29, 0.717) is 12.8 Å². The van der Waals surface area contributed by atoms with Gasteiger partial charge in [-0.05, 0) is 18.4 Å². The van der Waals surface area contributed by atoms with Crippen LogP contribution in [0.4, 0.5) is 17.6 Å². The fourth-order valence-corrected chi connectivity index (χ4v) is 1.45. The maximum Gasteiger partial charge on any atom is 0.330 e. The predicted octanol–water partition coefficient (Wildman–Crippen LogP) is 1.60. The highest BCUT2D eigenvalue weighted by atomic mass is 19.3. The average Bonchev–Trinajstić information content (AvgIpc) is 2.72. The molecule has 8 heteroatoms. The van der Waals surface area contributed by atoms with Gasteiger partial charge in [-0.3, -0.25) is 4.68 Å². The number of hydrogen-bond donors (Lipinski definition) is 1. The summed E-state index contributed by atoms with van der Waals surface area (Å²) < 4.78 is 54.9. The monoisotopic (exact) mass is 283 g/mol. The Hall–Kier alpha value is -1.15. The number of hydrogen-bond acceptors (Lipinski definition) is 3. The van der Waals surface area contributed by atoms with E-state index in [-0.39, 0.29) is 6.61 Å². The van der Waals surface area contributed by atoms with Gasteiger partial charge in [0, 0.05) is 19.3 Å². The molecule has 1 atom stereocenters. The second-order valence-electron chi connectivity index (χ2n) is 4.40. The number of aryl methyl sites for hydroxylation is 2. The van der Waals surface area contributed by atoms with Crippen molar-refractivity contribution in [3.63, 3.8) is 0 Å². The van der Waals surface area contributed by atoms with Gasteiger partial charge in [0.1, 0.15) is 6.61 Å². The molecule has 0 aliphatic rings. The second kappa shape index (κ2) is 6.85. The Balaban J connectivity index is 2.19. The summed E-state index contributed by atoms with van der Waals surface area (Å²) in [7, 11) is 1.78. The molecule has 0 radical (unpaired) electrons. The average molecular weight is 283 g/mol. The van der Waals surface area contributed by atoms with Crippen LogP contribution in [0.1, 0.15) is 12.0 Å². The normalized spacial score (nSPS) is 14.1. The molecule has 2 N–H and O–H groups in total. The third kappa shape index (κ3) is 5.56. The van der Waals surface area contributed by atoms with Gasteiger partial charge >= 0.3 is 12.3 Å². The number of rotatable bonds is 8. The third-order valence-electron chi connectivity index (χ3n) is 2.51. The van der Waals surface area contributed by atoms with E-state index >= 15 is 0 Å². The first-order valence-electron chi connectivity index (χ1n) is 5.78. The van der Waals surface area contributed by atoms with E-state index in [1.165, 1.54) is 0 Å². The summed E-state index contributed by atoms with van der Waals surface area (Å²) in [5.74, 6) is -4.12. The number of halogens is 4. The third-order valence-corrected chi connectivity index (χ3v) is 2.51. The highest BCUT2D eigenvalue weighted by molar-refractivity contribution is 5.03. The van der Waals surface area contributed by atoms with Crippen LogP contribution >= 0.6 is 0 Å². The molecule has 110 valence electrons. The van der Waals surface area contributed by atoms with E-state index in [4.69, 9.17) is 5.73 Å². The van der Waals surface area contributed by atoms with E-state index in [1.807, 2.05) is 6.20 Å². The van der Waals surface area contributed by atoms with E-state index in [1.54, 1.807) is 17.9 Å². The molecular formula is C11H17F4N3O. The van der Waals surface area contributed by atoms with Crippen molar-refractivity contribution < 1.29 is 22.3 Å². The first-order valence-corrected chi connectivity index (χ1v) is 5.78. The van der Waals surface area contributed by atoms with Gasteiger partial charge in [-0.25, -0.2) is 8.78 Å². The van der Waals surface area contributed by atoms with Gasteiger partial charge < -0.3 is 10.5 Å². The van der Waals surface area contributed by atoms with Crippen molar-refractivity contribution in [2.24, 2.45) is 12.8 Å². The van der Waals surface area contributed by atoms with Crippen molar-refractivity contribution in [1.29, 1.82) is 0 Å². The van der Waals surface area contributed by atoms with Gasteiger partial charge in [-0.1, -0.05) is 0 Å². The molecule has 4 nitrogen and oxygen atoms in total. The Morgan fingerprint density at radius 1 is 1.47 bits per heavy atom. The first kappa shape index (κ1) is 15.9. The molecule has 0 aromatic carbocycles. The molecule has 0 aliphatic carbocycles. The topological polar surface area (TPSA) is 53.1 Å². The van der Waals surface area contributed by atoms with Crippen molar-refractivity contribution in [2.75, 3.05) is 13.2 Å². The summed E-state index contributed by atoms with van der Waals surface area (Å²) in [6, 6.07) is -0.478. The highest BCUT2D eigenvalue weighted by Gasteiger charge is 2.40. The van der Waals surface area contributed by atoms with Crippen molar-refractivity contribution in [1.82, 2.24) is 9.78 Å². The Morgan fingerprint density at radius 2 is 2.16 bits per heavy atom. The minimum atomic E-state index is -4.12. The zero-order valence-corrected chi connectivity index (χ0v) is 10.5. The molecule has 1 heterocycles. The van der Waals surface area contributed by atoms with Gasteiger partial charge in [0.15, 0.2) is 0 Å². The fourth-order valence-electron chi connectivity index (χ4n) is 1.45. The summed E-state index contributed by atoms with van der Waals surface area (Å²) in [6.45, 7) is -1.49. The van der Waals surface area contributed by atoms with E-state index in [2.05, 4.69) is 9.84 Å². The van der Waals surface area contributed by atoms with Gasteiger partial charge in [0.05, 0.1) is 12.8 Å². The smallest absolute Gasteiger partial charge is 0.330 e. The van der Waals surface area contributed by atoms with Crippen LogP contribution in [0.2, 0.25) is 0 Å². The van der Waals surface area contributed by atoms with Crippen molar-refractivity contribution >= 4 is 0 Å². The molecule has 0 spiro atoms. The lowest BCUT2D eigenvalue weighted by Crippen LogP contribution is -2.35. The molecule has 19 heavy (non-hydrogen) atoms. The molecule has 0 aliphatic heterocycles. The molecule has 1 aromatic heterocycles. The second-order valence-corrected chi connectivity index (χ2v) is 4.40. The molecule has 1 rings (SSSR count). The van der Waals surface area contributed by atoms with Crippen LogP contribution in [0.3, 0.4) is 0 Å². The molecule has 0 saturated heterocycles. The van der Waals surface area contributed by atoms with Crippen LogP contribution in [0.25, 0.3) is 0 Å². The van der Waals surface area contributed by atoms with E-state index < -0.39 is 25.0 Å². The summed E-state index contributed by atoms with van der Waals surface area (Å²) in [6.07, 6.45) is 0.909. The zero-order chi connectivity index (χ0) is 14.5. The van der Waals surface area contributed by atoms with Crippen LogP contribution in [-0.4, -0.2) is 41.4 Å². The lowest BCUT2D eigenvalue weighted by molar-refractivity contribution is -0.166. The van der Waals surface area contributed by atoms with E-state index in [9.17, 15) is 17.6 Å². The number of ether oxygens (including phenoxy) is 1. The predicted molar refractivity (Wildman–Crippen MR) is 61.3 cm³/mol. The van der Waals surface area contributed by atoms with Crippen LogP contribution in [-0.2, 0) is 18.2 Å². The minimum absolute atomic E-state index is 0.178. The van der Waals surface area contributed by atoms with Gasteiger partial charge in [-0.15, -0.1) is 0 Å². The van der Waals surface area contributed by atoms with Crippen LogP contribution in [0.5, 0.6) is 0 Å². The Kier molecular flexibility index (Phi) is 5.74. The number of nitrogens with zero attached hydrogens (tertiary/aromatic N) is 2. The number of aromatic nitrogens is 2. The quantitative estimate of drug-likeness (QED) is 0.737. The maximum absolute atomic E-state index is 12.5. The lowest BCUT2D eigenvalue weighted by Gasteiger charge is -2.17. The Bertz CT molecular complexity index is 384.